The van der Waals surface area contributed by atoms with Crippen LogP contribution in [-0.2, 0) is 14.3 Å². The maximum atomic E-state index is 13.9. The molecule has 0 aliphatic carbocycles. The number of allylic oxidation sites excluding steroid dienone is 1. The number of esters is 1. The number of fused-ring (bicyclic) bond motifs is 1. The monoisotopic (exact) mass is 595 g/mol. The summed E-state index contributed by atoms with van der Waals surface area (Å²) in [7, 11) is 3.04. The molecule has 1 aliphatic rings. The lowest BCUT2D eigenvalue weighted by Gasteiger charge is -2.25. The first-order valence-electron chi connectivity index (χ1n) is 13.5. The number of hydrogen-bond acceptors (Lipinski definition) is 10. The van der Waals surface area contributed by atoms with Crippen LogP contribution in [-0.4, -0.2) is 49.5 Å². The van der Waals surface area contributed by atoms with Crippen LogP contribution >= 0.6 is 11.3 Å². The first-order valence-corrected chi connectivity index (χ1v) is 14.3. The summed E-state index contributed by atoms with van der Waals surface area (Å²) in [6, 6.07) is 10.4. The van der Waals surface area contributed by atoms with E-state index in [2.05, 4.69) is 11.9 Å². The normalized spacial score (nSPS) is 14.8. The lowest BCUT2D eigenvalue weighted by atomic mass is 9.95. The molecule has 1 atom stereocenters. The van der Waals surface area contributed by atoms with Crippen LogP contribution in [0.2, 0.25) is 0 Å². The van der Waals surface area contributed by atoms with Gasteiger partial charge in [-0.2, -0.15) is 0 Å². The van der Waals surface area contributed by atoms with Crippen molar-refractivity contribution in [1.29, 1.82) is 0 Å². The summed E-state index contributed by atoms with van der Waals surface area (Å²) in [5.41, 5.74) is 1.22. The molecule has 0 saturated carbocycles. The Hall–Kier alpha value is -4.29. The molecule has 4 rings (SSSR count). The van der Waals surface area contributed by atoms with E-state index >= 15 is 0 Å². The average Bonchev–Trinajstić information content (AvgIpc) is 3.28. The third-order valence-corrected chi connectivity index (χ3v) is 7.63. The van der Waals surface area contributed by atoms with Gasteiger partial charge in [0.15, 0.2) is 16.3 Å². The second-order valence-electron chi connectivity index (χ2n) is 9.53. The zero-order valence-corrected chi connectivity index (χ0v) is 24.8. The number of methoxy groups -OCH3 is 2. The number of carbonyl (C=O) groups excluding carboxylic acids is 1. The highest BCUT2D eigenvalue weighted by Gasteiger charge is 2.34. The van der Waals surface area contributed by atoms with Crippen molar-refractivity contribution >= 4 is 29.1 Å². The predicted molar refractivity (Wildman–Crippen MR) is 158 cm³/mol. The Kier molecular flexibility index (Phi) is 10.3. The SMILES string of the molecule is CCCCCOc1ccc(C2C(C(=O)OCCOC)=C(C)N=c3s/c(=C\c4cccc([N+](=O)[O-])c4)c(=O)n32)cc1OC. The molecule has 0 amide bonds. The fourth-order valence-electron chi connectivity index (χ4n) is 4.58. The number of aromatic nitrogens is 1. The van der Waals surface area contributed by atoms with Crippen molar-refractivity contribution in [2.75, 3.05) is 34.0 Å². The van der Waals surface area contributed by atoms with Crippen molar-refractivity contribution in [2.24, 2.45) is 4.99 Å². The van der Waals surface area contributed by atoms with Gasteiger partial charge in [0.25, 0.3) is 11.2 Å². The van der Waals surface area contributed by atoms with E-state index in [0.717, 1.165) is 30.6 Å². The number of benzene rings is 2. The third kappa shape index (κ3) is 6.77. The number of non-ortho nitro benzene ring substituents is 1. The van der Waals surface area contributed by atoms with Gasteiger partial charge in [0, 0.05) is 19.2 Å². The number of carbonyl (C=O) groups is 1. The minimum Gasteiger partial charge on any atom is -0.493 e. The fraction of sp³-hybridized carbons (Fsp3) is 0.367. The summed E-state index contributed by atoms with van der Waals surface area (Å²) in [6.45, 7) is 4.59. The fourth-order valence-corrected chi connectivity index (χ4v) is 5.63. The number of nitrogens with zero attached hydrogens (tertiary/aromatic N) is 3. The number of rotatable bonds is 13. The highest BCUT2D eigenvalue weighted by molar-refractivity contribution is 7.07. The lowest BCUT2D eigenvalue weighted by Crippen LogP contribution is -2.40. The molecule has 0 spiro atoms. The molecule has 11 nitrogen and oxygen atoms in total. The Morgan fingerprint density at radius 1 is 1.12 bits per heavy atom. The van der Waals surface area contributed by atoms with Crippen LogP contribution in [0.4, 0.5) is 5.69 Å². The molecule has 2 heterocycles. The Morgan fingerprint density at radius 2 is 1.93 bits per heavy atom. The predicted octanol–water partition coefficient (Wildman–Crippen LogP) is 3.91. The summed E-state index contributed by atoms with van der Waals surface area (Å²) in [5, 5.41) is 11.3. The number of thiazole rings is 1. The van der Waals surface area contributed by atoms with E-state index in [1.165, 1.54) is 30.9 Å². The number of nitro benzene ring substituents is 1. The van der Waals surface area contributed by atoms with E-state index in [9.17, 15) is 19.7 Å². The van der Waals surface area contributed by atoms with Crippen molar-refractivity contribution in [3.63, 3.8) is 0 Å². The van der Waals surface area contributed by atoms with Crippen molar-refractivity contribution in [3.05, 3.63) is 94.7 Å². The van der Waals surface area contributed by atoms with Crippen LogP contribution in [0.25, 0.3) is 6.08 Å². The highest BCUT2D eigenvalue weighted by atomic mass is 32.1. The molecule has 3 aromatic rings. The Morgan fingerprint density at radius 3 is 2.64 bits per heavy atom. The third-order valence-electron chi connectivity index (χ3n) is 6.65. The molecular weight excluding hydrogens is 562 g/mol. The first kappa shape index (κ1) is 30.7. The van der Waals surface area contributed by atoms with Gasteiger partial charge in [-0.1, -0.05) is 49.3 Å². The van der Waals surface area contributed by atoms with Gasteiger partial charge in [-0.25, -0.2) is 9.79 Å². The zero-order valence-electron chi connectivity index (χ0n) is 24.0. The topological polar surface area (TPSA) is 131 Å². The molecule has 0 N–H and O–H groups in total. The van der Waals surface area contributed by atoms with Gasteiger partial charge in [0.2, 0.25) is 0 Å². The second kappa shape index (κ2) is 14.1. The molecule has 1 aromatic heterocycles. The first-order chi connectivity index (χ1) is 20.3. The van der Waals surface area contributed by atoms with E-state index in [1.54, 1.807) is 43.3 Å². The van der Waals surface area contributed by atoms with Crippen molar-refractivity contribution in [1.82, 2.24) is 4.57 Å². The average molecular weight is 596 g/mol. The van der Waals surface area contributed by atoms with Crippen molar-refractivity contribution in [3.8, 4) is 11.5 Å². The van der Waals surface area contributed by atoms with Crippen LogP contribution in [0.1, 0.15) is 50.3 Å². The molecule has 0 fully saturated rings. The largest absolute Gasteiger partial charge is 0.493 e. The summed E-state index contributed by atoms with van der Waals surface area (Å²) in [4.78, 5) is 43.0. The minimum atomic E-state index is -0.869. The highest BCUT2D eigenvalue weighted by Crippen LogP contribution is 2.36. The maximum absolute atomic E-state index is 13.9. The summed E-state index contributed by atoms with van der Waals surface area (Å²) in [5.74, 6) is 0.398. The molecule has 42 heavy (non-hydrogen) atoms. The van der Waals surface area contributed by atoms with Gasteiger partial charge in [0.1, 0.15) is 6.61 Å². The summed E-state index contributed by atoms with van der Waals surface area (Å²) < 4.78 is 23.8. The van der Waals surface area contributed by atoms with E-state index in [1.807, 2.05) is 0 Å². The van der Waals surface area contributed by atoms with Crippen LogP contribution in [0.3, 0.4) is 0 Å². The van der Waals surface area contributed by atoms with Crippen LogP contribution in [0.15, 0.2) is 63.5 Å². The summed E-state index contributed by atoms with van der Waals surface area (Å²) >= 11 is 1.13. The number of hydrogen-bond donors (Lipinski definition) is 0. The van der Waals surface area contributed by atoms with E-state index in [-0.39, 0.29) is 24.5 Å². The molecule has 2 aromatic carbocycles. The second-order valence-corrected chi connectivity index (χ2v) is 10.5. The van der Waals surface area contributed by atoms with Gasteiger partial charge in [-0.3, -0.25) is 19.5 Å². The maximum Gasteiger partial charge on any atom is 0.338 e. The Bertz CT molecular complexity index is 1670. The zero-order chi connectivity index (χ0) is 30.2. The van der Waals surface area contributed by atoms with Crippen LogP contribution < -0.4 is 24.4 Å². The van der Waals surface area contributed by atoms with Gasteiger partial charge in [-0.15, -0.1) is 0 Å². The van der Waals surface area contributed by atoms with E-state index in [4.69, 9.17) is 18.9 Å². The number of ether oxygens (including phenoxy) is 4. The smallest absolute Gasteiger partial charge is 0.338 e. The lowest BCUT2D eigenvalue weighted by molar-refractivity contribution is -0.384. The molecule has 12 heteroatoms. The molecule has 0 saturated heterocycles. The number of nitro groups is 1. The Balaban J connectivity index is 1.84. The molecule has 222 valence electrons. The molecular formula is C30H33N3O8S. The quantitative estimate of drug-likeness (QED) is 0.126. The molecule has 1 unspecified atom stereocenters. The van der Waals surface area contributed by atoms with Gasteiger partial charge < -0.3 is 18.9 Å². The van der Waals surface area contributed by atoms with E-state index in [0.29, 0.717) is 44.3 Å². The standard InChI is InChI=1S/C30H33N3O8S/c1-5-6-7-13-40-23-12-11-21(18-24(23)39-4)27-26(29(35)41-15-14-38-3)19(2)31-30-32(27)28(34)25(42-30)17-20-9-8-10-22(16-20)33(36)37/h8-12,16-18,27H,5-7,13-15H2,1-4H3/b25-17-. The summed E-state index contributed by atoms with van der Waals surface area (Å²) in [6.07, 6.45) is 4.60. The van der Waals surface area contributed by atoms with Gasteiger partial charge in [0.05, 0.1) is 47.1 Å². The van der Waals surface area contributed by atoms with Crippen molar-refractivity contribution < 1.29 is 28.7 Å². The van der Waals surface area contributed by atoms with Crippen molar-refractivity contribution in [2.45, 2.75) is 39.2 Å². The molecule has 1 aliphatic heterocycles. The molecule has 0 radical (unpaired) electrons. The van der Waals surface area contributed by atoms with Gasteiger partial charge >= 0.3 is 5.97 Å². The number of unbranched alkanes of at least 4 members (excludes halogenated alkanes) is 2. The van der Waals surface area contributed by atoms with E-state index < -0.39 is 22.5 Å². The molecule has 0 bridgehead atoms. The van der Waals surface area contributed by atoms with Gasteiger partial charge in [-0.05, 0) is 42.7 Å². The minimum absolute atomic E-state index is 0.0316. The van der Waals surface area contributed by atoms with Crippen LogP contribution in [0, 0.1) is 10.1 Å². The van der Waals surface area contributed by atoms with Crippen LogP contribution in [0.5, 0.6) is 11.5 Å². The Labute approximate surface area is 246 Å².